The number of hydrogen-bond acceptors (Lipinski definition) is 3. The fraction of sp³-hybridized carbons (Fsp3) is 0.444. The van der Waals surface area contributed by atoms with Crippen LogP contribution in [0.15, 0.2) is 6.20 Å². The molecule has 74 valence electrons. The molecule has 14 heavy (non-hydrogen) atoms. The minimum Gasteiger partial charge on any atom is -0.337 e. The van der Waals surface area contributed by atoms with Crippen LogP contribution < -0.4 is 0 Å². The summed E-state index contributed by atoms with van der Waals surface area (Å²) < 4.78 is 0. The van der Waals surface area contributed by atoms with Gasteiger partial charge in [-0.2, -0.15) is 0 Å². The molecule has 0 atom stereocenters. The number of fused-ring (bicyclic) bond motifs is 1. The third kappa shape index (κ3) is 1.70. The van der Waals surface area contributed by atoms with E-state index < -0.39 is 0 Å². The Hall–Kier alpha value is -1.16. The van der Waals surface area contributed by atoms with Gasteiger partial charge in [-0.1, -0.05) is 0 Å². The summed E-state index contributed by atoms with van der Waals surface area (Å²) in [6, 6.07) is 0. The first kappa shape index (κ1) is 9.40. The standard InChI is InChI=1S/C9H10ClN3O/c1-6(14)13-3-2-7-4-11-9(10)12-8(7)5-13/h4H,2-3,5H2,1H3. The Kier molecular flexibility index (Phi) is 2.37. The lowest BCUT2D eigenvalue weighted by Crippen LogP contribution is -2.34. The zero-order valence-corrected chi connectivity index (χ0v) is 8.58. The minimum atomic E-state index is 0.0744. The van der Waals surface area contributed by atoms with Crippen LogP contribution in [0, 0.1) is 0 Å². The van der Waals surface area contributed by atoms with Gasteiger partial charge in [-0.05, 0) is 23.6 Å². The van der Waals surface area contributed by atoms with E-state index in [-0.39, 0.29) is 11.2 Å². The molecule has 0 radical (unpaired) electrons. The zero-order valence-electron chi connectivity index (χ0n) is 7.83. The number of rotatable bonds is 0. The van der Waals surface area contributed by atoms with E-state index in [0.717, 1.165) is 24.2 Å². The van der Waals surface area contributed by atoms with Crippen molar-refractivity contribution in [2.45, 2.75) is 19.9 Å². The van der Waals surface area contributed by atoms with Crippen molar-refractivity contribution in [1.29, 1.82) is 0 Å². The molecule has 1 aliphatic heterocycles. The molecule has 0 fully saturated rings. The number of carbonyl (C=O) groups is 1. The van der Waals surface area contributed by atoms with Crippen molar-refractivity contribution < 1.29 is 4.79 Å². The molecule has 1 aromatic heterocycles. The predicted molar refractivity (Wildman–Crippen MR) is 51.8 cm³/mol. The Bertz CT molecular complexity index is 380. The van der Waals surface area contributed by atoms with Crippen LogP contribution in [-0.2, 0) is 17.8 Å². The van der Waals surface area contributed by atoms with Crippen LogP contribution >= 0.6 is 11.6 Å². The topological polar surface area (TPSA) is 46.1 Å². The van der Waals surface area contributed by atoms with Crippen LogP contribution in [-0.4, -0.2) is 27.3 Å². The monoisotopic (exact) mass is 211 g/mol. The molecule has 0 saturated heterocycles. The lowest BCUT2D eigenvalue weighted by molar-refractivity contribution is -0.129. The average molecular weight is 212 g/mol. The van der Waals surface area contributed by atoms with Crippen molar-refractivity contribution in [3.8, 4) is 0 Å². The maximum atomic E-state index is 11.1. The van der Waals surface area contributed by atoms with Gasteiger partial charge in [0, 0.05) is 19.7 Å². The van der Waals surface area contributed by atoms with Gasteiger partial charge in [0.15, 0.2) is 0 Å². The molecule has 1 amide bonds. The van der Waals surface area contributed by atoms with Gasteiger partial charge in [-0.15, -0.1) is 0 Å². The summed E-state index contributed by atoms with van der Waals surface area (Å²) in [6.07, 6.45) is 2.55. The van der Waals surface area contributed by atoms with Crippen LogP contribution in [0.4, 0.5) is 0 Å². The van der Waals surface area contributed by atoms with Gasteiger partial charge in [-0.3, -0.25) is 4.79 Å². The number of carbonyl (C=O) groups excluding carboxylic acids is 1. The number of halogens is 1. The van der Waals surface area contributed by atoms with Crippen molar-refractivity contribution in [3.05, 3.63) is 22.7 Å². The van der Waals surface area contributed by atoms with Crippen LogP contribution in [0.5, 0.6) is 0 Å². The number of hydrogen-bond donors (Lipinski definition) is 0. The largest absolute Gasteiger partial charge is 0.337 e. The molecule has 1 aliphatic rings. The second kappa shape index (κ2) is 3.53. The smallest absolute Gasteiger partial charge is 0.222 e. The summed E-state index contributed by atoms with van der Waals surface area (Å²) in [5.74, 6) is 0.0744. The first-order valence-corrected chi connectivity index (χ1v) is 4.80. The van der Waals surface area contributed by atoms with Gasteiger partial charge in [0.2, 0.25) is 11.2 Å². The van der Waals surface area contributed by atoms with Gasteiger partial charge in [0.05, 0.1) is 12.2 Å². The maximum absolute atomic E-state index is 11.1. The number of amides is 1. The minimum absolute atomic E-state index is 0.0744. The average Bonchev–Trinajstić information content (AvgIpc) is 2.16. The molecule has 0 bridgehead atoms. The Morgan fingerprint density at radius 1 is 1.64 bits per heavy atom. The highest BCUT2D eigenvalue weighted by Crippen LogP contribution is 2.17. The summed E-state index contributed by atoms with van der Waals surface area (Å²) in [4.78, 5) is 20.9. The van der Waals surface area contributed by atoms with E-state index in [1.807, 2.05) is 0 Å². The van der Waals surface area contributed by atoms with Crippen molar-refractivity contribution in [2.24, 2.45) is 0 Å². The van der Waals surface area contributed by atoms with Gasteiger partial charge < -0.3 is 4.90 Å². The molecule has 5 heteroatoms. The molecule has 2 heterocycles. The van der Waals surface area contributed by atoms with Gasteiger partial charge in [0.25, 0.3) is 0 Å². The van der Waals surface area contributed by atoms with E-state index in [2.05, 4.69) is 9.97 Å². The highest BCUT2D eigenvalue weighted by atomic mass is 35.5. The number of aromatic nitrogens is 2. The van der Waals surface area contributed by atoms with Crippen molar-refractivity contribution in [2.75, 3.05) is 6.54 Å². The summed E-state index contributed by atoms with van der Waals surface area (Å²) >= 11 is 5.68. The second-order valence-electron chi connectivity index (χ2n) is 3.30. The summed E-state index contributed by atoms with van der Waals surface area (Å²) in [5, 5.41) is 0.245. The fourth-order valence-corrected chi connectivity index (χ4v) is 1.70. The molecule has 0 aromatic carbocycles. The van der Waals surface area contributed by atoms with Crippen molar-refractivity contribution >= 4 is 17.5 Å². The normalized spacial score (nSPS) is 15.1. The molecule has 0 unspecified atom stereocenters. The van der Waals surface area contributed by atoms with E-state index in [9.17, 15) is 4.79 Å². The molecule has 2 rings (SSSR count). The lowest BCUT2D eigenvalue weighted by Gasteiger charge is -2.26. The van der Waals surface area contributed by atoms with Gasteiger partial charge in [-0.25, -0.2) is 9.97 Å². The quantitative estimate of drug-likeness (QED) is 0.603. The first-order valence-electron chi connectivity index (χ1n) is 4.42. The number of nitrogens with zero attached hydrogens (tertiary/aromatic N) is 3. The first-order chi connectivity index (χ1) is 6.66. The highest BCUT2D eigenvalue weighted by molar-refractivity contribution is 6.28. The van der Waals surface area contributed by atoms with E-state index in [1.165, 1.54) is 0 Å². The summed E-state index contributed by atoms with van der Waals surface area (Å²) in [5.41, 5.74) is 1.96. The third-order valence-electron chi connectivity index (χ3n) is 2.36. The molecular formula is C9H10ClN3O. The lowest BCUT2D eigenvalue weighted by atomic mass is 10.1. The third-order valence-corrected chi connectivity index (χ3v) is 2.54. The Labute approximate surface area is 86.9 Å². The second-order valence-corrected chi connectivity index (χ2v) is 3.64. The van der Waals surface area contributed by atoms with Crippen LogP contribution in [0.2, 0.25) is 5.28 Å². The van der Waals surface area contributed by atoms with Crippen molar-refractivity contribution in [1.82, 2.24) is 14.9 Å². The zero-order chi connectivity index (χ0) is 10.1. The summed E-state index contributed by atoms with van der Waals surface area (Å²) in [6.45, 7) is 2.86. The molecule has 0 spiro atoms. The van der Waals surface area contributed by atoms with E-state index in [4.69, 9.17) is 11.6 Å². The van der Waals surface area contributed by atoms with Crippen LogP contribution in [0.3, 0.4) is 0 Å². The molecule has 0 aliphatic carbocycles. The van der Waals surface area contributed by atoms with Gasteiger partial charge in [0.1, 0.15) is 0 Å². The molecule has 1 aromatic rings. The van der Waals surface area contributed by atoms with Crippen LogP contribution in [0.1, 0.15) is 18.2 Å². The van der Waals surface area contributed by atoms with Gasteiger partial charge >= 0.3 is 0 Å². The Balaban J connectivity index is 2.29. The van der Waals surface area contributed by atoms with E-state index in [0.29, 0.717) is 6.54 Å². The Morgan fingerprint density at radius 3 is 3.14 bits per heavy atom. The van der Waals surface area contributed by atoms with E-state index >= 15 is 0 Å². The fourth-order valence-electron chi connectivity index (χ4n) is 1.55. The molecule has 0 N–H and O–H groups in total. The van der Waals surface area contributed by atoms with Crippen LogP contribution in [0.25, 0.3) is 0 Å². The SMILES string of the molecule is CC(=O)N1CCc2cnc(Cl)nc2C1. The van der Waals surface area contributed by atoms with Crippen molar-refractivity contribution in [3.63, 3.8) is 0 Å². The predicted octanol–water partition coefficient (Wildman–Crippen LogP) is 1.03. The highest BCUT2D eigenvalue weighted by Gasteiger charge is 2.19. The Morgan fingerprint density at radius 2 is 2.43 bits per heavy atom. The molecular weight excluding hydrogens is 202 g/mol. The maximum Gasteiger partial charge on any atom is 0.222 e. The van der Waals surface area contributed by atoms with E-state index in [1.54, 1.807) is 18.0 Å². The molecule has 4 nitrogen and oxygen atoms in total. The molecule has 0 saturated carbocycles. The summed E-state index contributed by atoms with van der Waals surface area (Å²) in [7, 11) is 0.